The van der Waals surface area contributed by atoms with Gasteiger partial charge in [-0.3, -0.25) is 4.72 Å². The van der Waals surface area contributed by atoms with Crippen molar-refractivity contribution in [1.82, 2.24) is 4.98 Å². The summed E-state index contributed by atoms with van der Waals surface area (Å²) in [5.41, 5.74) is -0.594. The molecule has 0 unspecified atom stereocenters. The second-order valence-electron chi connectivity index (χ2n) is 6.43. The summed E-state index contributed by atoms with van der Waals surface area (Å²) in [4.78, 5) is 13.8. The number of benzene rings is 2. The van der Waals surface area contributed by atoms with Gasteiger partial charge in [-0.1, -0.05) is 19.1 Å². The van der Waals surface area contributed by atoms with Gasteiger partial charge in [-0.25, -0.2) is 13.2 Å². The van der Waals surface area contributed by atoms with E-state index in [0.29, 0.717) is 17.3 Å². The number of aromatic carboxylic acids is 1. The second kappa shape index (κ2) is 7.86. The highest BCUT2D eigenvalue weighted by Crippen LogP contribution is 2.36. The van der Waals surface area contributed by atoms with Crippen molar-refractivity contribution in [2.45, 2.75) is 24.4 Å². The van der Waals surface area contributed by atoms with Gasteiger partial charge in [-0.15, -0.1) is 0 Å². The Morgan fingerprint density at radius 2 is 1.87 bits per heavy atom. The Balaban J connectivity index is 2.15. The smallest absolute Gasteiger partial charge is 0.416 e. The number of nitrogens with one attached hydrogen (secondary N) is 2. The summed E-state index contributed by atoms with van der Waals surface area (Å²) in [5, 5.41) is 9.18. The van der Waals surface area contributed by atoms with Crippen LogP contribution in [0, 0.1) is 0 Å². The van der Waals surface area contributed by atoms with Crippen LogP contribution in [0.4, 0.5) is 18.9 Å². The van der Waals surface area contributed by atoms with Crippen LogP contribution >= 0.6 is 0 Å². The van der Waals surface area contributed by atoms with Crippen molar-refractivity contribution in [1.29, 1.82) is 0 Å². The molecule has 6 nitrogen and oxygen atoms in total. The van der Waals surface area contributed by atoms with Crippen LogP contribution in [-0.4, -0.2) is 24.5 Å². The Bertz CT molecular complexity index is 1190. The minimum absolute atomic E-state index is 0.212. The fraction of sp³-hybridized carbons (Fsp3) is 0.150. The van der Waals surface area contributed by atoms with Crippen LogP contribution in [-0.2, 0) is 22.6 Å². The molecule has 30 heavy (non-hydrogen) atoms. The molecule has 3 aromatic rings. The van der Waals surface area contributed by atoms with Gasteiger partial charge < -0.3 is 10.1 Å². The molecule has 0 aliphatic carbocycles. The molecule has 0 bridgehead atoms. The number of aromatic amines is 1. The minimum Gasteiger partial charge on any atom is -0.478 e. The van der Waals surface area contributed by atoms with Gasteiger partial charge in [-0.2, -0.15) is 13.2 Å². The first kappa shape index (κ1) is 21.4. The lowest BCUT2D eigenvalue weighted by Crippen LogP contribution is -2.17. The Kier molecular flexibility index (Phi) is 5.62. The molecule has 1 aromatic heterocycles. The summed E-state index contributed by atoms with van der Waals surface area (Å²) in [6.07, 6.45) is -2.84. The van der Waals surface area contributed by atoms with Gasteiger partial charge in [0.25, 0.3) is 10.0 Å². The van der Waals surface area contributed by atoms with Crippen molar-refractivity contribution in [3.05, 3.63) is 71.4 Å². The van der Waals surface area contributed by atoms with Crippen molar-refractivity contribution in [2.75, 3.05) is 4.72 Å². The molecule has 0 radical (unpaired) electrons. The maximum atomic E-state index is 13.2. The average Bonchev–Trinajstić information content (AvgIpc) is 3.20. The molecule has 0 aliphatic heterocycles. The van der Waals surface area contributed by atoms with Crippen LogP contribution < -0.4 is 4.72 Å². The van der Waals surface area contributed by atoms with Crippen molar-refractivity contribution in [3.8, 4) is 11.3 Å². The number of hydrogen-bond acceptors (Lipinski definition) is 3. The third-order valence-corrected chi connectivity index (χ3v) is 5.91. The lowest BCUT2D eigenvalue weighted by molar-refractivity contribution is -0.137. The van der Waals surface area contributed by atoms with Crippen molar-refractivity contribution in [3.63, 3.8) is 0 Å². The zero-order chi connectivity index (χ0) is 22.1. The highest BCUT2D eigenvalue weighted by atomic mass is 32.2. The normalized spacial score (nSPS) is 12.0. The Morgan fingerprint density at radius 1 is 1.13 bits per heavy atom. The molecule has 158 valence electrons. The number of sulfonamides is 1. The number of rotatable bonds is 6. The number of carboxylic acid groups (broad SMARTS) is 1. The number of anilines is 1. The molecule has 0 aliphatic rings. The van der Waals surface area contributed by atoms with Gasteiger partial charge in [0, 0.05) is 17.5 Å². The van der Waals surface area contributed by atoms with Crippen LogP contribution in [0.25, 0.3) is 11.3 Å². The molecule has 0 amide bonds. The summed E-state index contributed by atoms with van der Waals surface area (Å²) < 4.78 is 67.9. The van der Waals surface area contributed by atoms with E-state index in [2.05, 4.69) is 9.71 Å². The third kappa shape index (κ3) is 4.33. The second-order valence-corrected chi connectivity index (χ2v) is 8.08. The molecule has 2 aromatic carbocycles. The topological polar surface area (TPSA) is 99.3 Å². The van der Waals surface area contributed by atoms with E-state index >= 15 is 0 Å². The van der Waals surface area contributed by atoms with E-state index in [4.69, 9.17) is 0 Å². The van der Waals surface area contributed by atoms with Crippen LogP contribution in [0.2, 0.25) is 0 Å². The number of aryl methyl sites for hydroxylation is 1. The first-order valence-electron chi connectivity index (χ1n) is 8.77. The summed E-state index contributed by atoms with van der Waals surface area (Å²) in [6.45, 7) is 1.68. The number of H-pyrrole nitrogens is 1. The fourth-order valence-corrected chi connectivity index (χ4v) is 4.38. The van der Waals surface area contributed by atoms with Gasteiger partial charge in [0.05, 0.1) is 21.7 Å². The maximum absolute atomic E-state index is 13.2. The first-order valence-corrected chi connectivity index (χ1v) is 10.3. The fourth-order valence-electron chi connectivity index (χ4n) is 2.97. The van der Waals surface area contributed by atoms with E-state index < -0.39 is 27.7 Å². The van der Waals surface area contributed by atoms with Crippen LogP contribution in [0.1, 0.15) is 28.4 Å². The zero-order valence-electron chi connectivity index (χ0n) is 15.6. The van der Waals surface area contributed by atoms with Gasteiger partial charge in [0.1, 0.15) is 0 Å². The van der Waals surface area contributed by atoms with Crippen molar-refractivity contribution in [2.24, 2.45) is 0 Å². The standard InChI is InChI=1S/C20H17F3N2O4S/c1-2-12-5-6-13(19(26)27)10-18(12)30(28,29)25-17-11-14(20(21,22)23)7-8-15(17)16-4-3-9-24-16/h3-11,24-25H,2H2,1H3,(H,26,27). The summed E-state index contributed by atoms with van der Waals surface area (Å²) >= 11 is 0. The molecule has 0 fully saturated rings. The molecule has 0 atom stereocenters. The quantitative estimate of drug-likeness (QED) is 0.517. The molecular weight excluding hydrogens is 421 g/mol. The molecule has 3 rings (SSSR count). The highest BCUT2D eigenvalue weighted by molar-refractivity contribution is 7.92. The zero-order valence-corrected chi connectivity index (χ0v) is 16.4. The van der Waals surface area contributed by atoms with E-state index in [-0.39, 0.29) is 28.1 Å². The number of carbonyl (C=O) groups is 1. The van der Waals surface area contributed by atoms with Crippen LogP contribution in [0.5, 0.6) is 0 Å². The predicted molar refractivity (Wildman–Crippen MR) is 105 cm³/mol. The Labute approximate surface area is 170 Å². The highest BCUT2D eigenvalue weighted by Gasteiger charge is 2.32. The average molecular weight is 438 g/mol. The third-order valence-electron chi connectivity index (χ3n) is 4.46. The summed E-state index contributed by atoms with van der Waals surface area (Å²) in [7, 11) is -4.38. The first-order chi connectivity index (χ1) is 14.0. The number of halogens is 3. The van der Waals surface area contributed by atoms with E-state index in [1.807, 2.05) is 0 Å². The number of alkyl halides is 3. The van der Waals surface area contributed by atoms with Crippen LogP contribution in [0.15, 0.2) is 59.6 Å². The van der Waals surface area contributed by atoms with Gasteiger partial charge in [-0.05, 0) is 48.4 Å². The van der Waals surface area contributed by atoms with Crippen molar-refractivity contribution < 1.29 is 31.5 Å². The number of hydrogen-bond donors (Lipinski definition) is 3. The minimum atomic E-state index is -4.67. The van der Waals surface area contributed by atoms with Crippen molar-refractivity contribution >= 4 is 21.7 Å². The molecule has 10 heteroatoms. The Morgan fingerprint density at radius 3 is 2.43 bits per heavy atom. The molecule has 1 heterocycles. The predicted octanol–water partition coefficient (Wildman–Crippen LogP) is 4.76. The molecule has 0 spiro atoms. The monoisotopic (exact) mass is 438 g/mol. The van der Waals surface area contributed by atoms with E-state index in [9.17, 15) is 31.5 Å². The molecule has 0 saturated carbocycles. The molecule has 3 N–H and O–H groups in total. The van der Waals surface area contributed by atoms with Gasteiger partial charge in [0.2, 0.25) is 0 Å². The van der Waals surface area contributed by atoms with Crippen LogP contribution in [0.3, 0.4) is 0 Å². The van der Waals surface area contributed by atoms with Gasteiger partial charge >= 0.3 is 12.1 Å². The van der Waals surface area contributed by atoms with E-state index in [1.165, 1.54) is 18.2 Å². The Hall–Kier alpha value is -3.27. The lowest BCUT2D eigenvalue weighted by Gasteiger charge is -2.17. The summed E-state index contributed by atoms with van der Waals surface area (Å²) in [6, 6.07) is 9.58. The largest absolute Gasteiger partial charge is 0.478 e. The SMILES string of the molecule is CCc1ccc(C(=O)O)cc1S(=O)(=O)Nc1cc(C(F)(F)F)ccc1-c1ccc[nH]1. The number of aromatic nitrogens is 1. The lowest BCUT2D eigenvalue weighted by atomic mass is 10.1. The number of carboxylic acids is 1. The molecule has 0 saturated heterocycles. The summed E-state index contributed by atoms with van der Waals surface area (Å²) in [5.74, 6) is -1.32. The van der Waals surface area contributed by atoms with E-state index in [1.54, 1.807) is 25.3 Å². The molecular formula is C20H17F3N2O4S. The maximum Gasteiger partial charge on any atom is 0.416 e. The van der Waals surface area contributed by atoms with Gasteiger partial charge in [0.15, 0.2) is 0 Å². The van der Waals surface area contributed by atoms with E-state index in [0.717, 1.165) is 12.1 Å².